The summed E-state index contributed by atoms with van der Waals surface area (Å²) in [6, 6.07) is 12.5. The van der Waals surface area contributed by atoms with E-state index in [0.29, 0.717) is 0 Å². The molecule has 1 aliphatic heterocycles. The van der Waals surface area contributed by atoms with Crippen molar-refractivity contribution in [2.24, 2.45) is 0 Å². The molecule has 1 saturated heterocycles. The molecule has 1 fully saturated rings. The van der Waals surface area contributed by atoms with Gasteiger partial charge < -0.3 is 14.6 Å². The average Bonchev–Trinajstić information content (AvgIpc) is 3.36. The molecular weight excluding hydrogens is 370 g/mol. The number of rotatable bonds is 5. The smallest absolute Gasteiger partial charge is 0.173 e. The van der Waals surface area contributed by atoms with Crippen molar-refractivity contribution in [2.75, 3.05) is 31.5 Å². The van der Waals surface area contributed by atoms with Gasteiger partial charge in [-0.3, -0.25) is 9.58 Å². The summed E-state index contributed by atoms with van der Waals surface area (Å²) in [6.07, 6.45) is 5.55. The molecule has 7 heteroatoms. The zero-order valence-electron chi connectivity index (χ0n) is 16.0. The lowest BCUT2D eigenvalue weighted by molar-refractivity contribution is 0.166. The van der Waals surface area contributed by atoms with E-state index in [1.54, 1.807) is 6.26 Å². The van der Waals surface area contributed by atoms with E-state index in [4.69, 9.17) is 16.6 Å². The number of aryl methyl sites for hydroxylation is 1. The summed E-state index contributed by atoms with van der Waals surface area (Å²) in [6.45, 7) is 7.45. The fourth-order valence-electron chi connectivity index (χ4n) is 3.33. The zero-order valence-corrected chi connectivity index (χ0v) is 16.9. The zero-order chi connectivity index (χ0) is 19.3. The Bertz CT molecular complexity index is 895. The van der Waals surface area contributed by atoms with Crippen LogP contribution in [0.15, 0.2) is 59.5 Å². The molecule has 1 N–H and O–H groups in total. The van der Waals surface area contributed by atoms with E-state index >= 15 is 0 Å². The Morgan fingerprint density at radius 1 is 1.11 bits per heavy atom. The van der Waals surface area contributed by atoms with Crippen LogP contribution >= 0.6 is 12.2 Å². The summed E-state index contributed by atoms with van der Waals surface area (Å²) in [5.41, 5.74) is 3.42. The highest BCUT2D eigenvalue weighted by molar-refractivity contribution is 7.80. The number of benzene rings is 1. The van der Waals surface area contributed by atoms with Gasteiger partial charge in [0.15, 0.2) is 5.11 Å². The van der Waals surface area contributed by atoms with Crippen molar-refractivity contribution in [3.63, 3.8) is 0 Å². The lowest BCUT2D eigenvalue weighted by Crippen LogP contribution is -2.49. The molecule has 0 atom stereocenters. The SMILES string of the molecule is Cc1ccc(Cn2cc(NC(=S)N3CCN(Cc4ccco4)CC3)cn2)cc1. The molecule has 4 rings (SSSR count). The van der Waals surface area contributed by atoms with Gasteiger partial charge in [0.1, 0.15) is 5.76 Å². The maximum Gasteiger partial charge on any atom is 0.173 e. The molecule has 0 amide bonds. The Morgan fingerprint density at radius 3 is 2.61 bits per heavy atom. The minimum atomic E-state index is 0.750. The first-order valence-corrected chi connectivity index (χ1v) is 9.95. The molecule has 0 radical (unpaired) electrons. The molecule has 0 bridgehead atoms. The highest BCUT2D eigenvalue weighted by Crippen LogP contribution is 2.13. The monoisotopic (exact) mass is 395 g/mol. The normalized spacial score (nSPS) is 15.0. The van der Waals surface area contributed by atoms with Crippen molar-refractivity contribution in [1.82, 2.24) is 19.6 Å². The standard InChI is InChI=1S/C21H25N5OS/c1-17-4-6-18(7-5-17)14-26-15-19(13-22-26)23-21(28)25-10-8-24(9-11-25)16-20-3-2-12-27-20/h2-7,12-13,15H,8-11,14,16H2,1H3,(H,23,28). The summed E-state index contributed by atoms with van der Waals surface area (Å²) in [5.74, 6) is 1.01. The quantitative estimate of drug-likeness (QED) is 0.669. The van der Waals surface area contributed by atoms with Gasteiger partial charge in [-0.2, -0.15) is 5.10 Å². The van der Waals surface area contributed by atoms with Crippen LogP contribution in [0.4, 0.5) is 5.69 Å². The van der Waals surface area contributed by atoms with Crippen molar-refractivity contribution in [3.8, 4) is 0 Å². The fourth-order valence-corrected chi connectivity index (χ4v) is 3.63. The highest BCUT2D eigenvalue weighted by Gasteiger charge is 2.20. The molecule has 6 nitrogen and oxygen atoms in total. The Morgan fingerprint density at radius 2 is 1.89 bits per heavy atom. The minimum absolute atomic E-state index is 0.750. The lowest BCUT2D eigenvalue weighted by atomic mass is 10.1. The number of thiocarbonyl (C=S) groups is 1. The van der Waals surface area contributed by atoms with Crippen LogP contribution in [0.25, 0.3) is 0 Å². The fraction of sp³-hybridized carbons (Fsp3) is 0.333. The summed E-state index contributed by atoms with van der Waals surface area (Å²) < 4.78 is 7.37. The number of aromatic nitrogens is 2. The Kier molecular flexibility index (Phi) is 5.73. The number of nitrogens with zero attached hydrogens (tertiary/aromatic N) is 4. The Labute approximate surface area is 170 Å². The first-order chi connectivity index (χ1) is 13.7. The van der Waals surface area contributed by atoms with Crippen LogP contribution in [0.2, 0.25) is 0 Å². The van der Waals surface area contributed by atoms with Gasteiger partial charge in [0, 0.05) is 32.4 Å². The van der Waals surface area contributed by atoms with Crippen molar-refractivity contribution in [1.29, 1.82) is 0 Å². The van der Waals surface area contributed by atoms with Crippen LogP contribution in [0.3, 0.4) is 0 Å². The third kappa shape index (κ3) is 4.79. The Hall–Kier alpha value is -2.64. The second-order valence-electron chi connectivity index (χ2n) is 7.18. The van der Waals surface area contributed by atoms with E-state index in [-0.39, 0.29) is 0 Å². The van der Waals surface area contributed by atoms with Gasteiger partial charge in [0.2, 0.25) is 0 Å². The van der Waals surface area contributed by atoms with Gasteiger partial charge in [-0.15, -0.1) is 0 Å². The third-order valence-corrected chi connectivity index (χ3v) is 5.33. The molecule has 0 unspecified atom stereocenters. The van der Waals surface area contributed by atoms with Crippen LogP contribution in [0, 0.1) is 6.92 Å². The van der Waals surface area contributed by atoms with Crippen LogP contribution in [0.1, 0.15) is 16.9 Å². The molecule has 1 aromatic carbocycles. The number of anilines is 1. The van der Waals surface area contributed by atoms with Crippen molar-refractivity contribution in [2.45, 2.75) is 20.0 Å². The molecule has 146 valence electrons. The number of furan rings is 1. The number of nitrogens with one attached hydrogen (secondary N) is 1. The Balaban J connectivity index is 1.26. The molecular formula is C21H25N5OS. The summed E-state index contributed by atoms with van der Waals surface area (Å²) in [5, 5.41) is 8.52. The van der Waals surface area contributed by atoms with Gasteiger partial charge in [-0.05, 0) is 36.8 Å². The molecule has 3 heterocycles. The second-order valence-corrected chi connectivity index (χ2v) is 7.57. The van der Waals surface area contributed by atoms with E-state index < -0.39 is 0 Å². The van der Waals surface area contributed by atoms with Crippen LogP contribution in [-0.4, -0.2) is 50.9 Å². The average molecular weight is 396 g/mol. The van der Waals surface area contributed by atoms with E-state index in [9.17, 15) is 0 Å². The topological polar surface area (TPSA) is 49.5 Å². The maximum absolute atomic E-state index is 5.60. The highest BCUT2D eigenvalue weighted by atomic mass is 32.1. The molecule has 28 heavy (non-hydrogen) atoms. The molecule has 1 aliphatic rings. The molecule has 0 aliphatic carbocycles. The first-order valence-electron chi connectivity index (χ1n) is 9.54. The largest absolute Gasteiger partial charge is 0.468 e. The van der Waals surface area contributed by atoms with Crippen molar-refractivity contribution in [3.05, 3.63) is 71.9 Å². The predicted octanol–water partition coefficient (Wildman–Crippen LogP) is 3.35. The van der Waals surface area contributed by atoms with Crippen molar-refractivity contribution < 1.29 is 4.42 Å². The predicted molar refractivity (Wildman–Crippen MR) is 114 cm³/mol. The van der Waals surface area contributed by atoms with Gasteiger partial charge in [0.25, 0.3) is 0 Å². The summed E-state index contributed by atoms with van der Waals surface area (Å²) in [7, 11) is 0. The number of piperazine rings is 1. The first kappa shape index (κ1) is 18.7. The third-order valence-electron chi connectivity index (χ3n) is 4.97. The molecule has 0 saturated carbocycles. The minimum Gasteiger partial charge on any atom is -0.468 e. The van der Waals surface area contributed by atoms with Gasteiger partial charge >= 0.3 is 0 Å². The molecule has 0 spiro atoms. The second kappa shape index (κ2) is 8.58. The van der Waals surface area contributed by atoms with E-state index in [1.807, 2.05) is 29.2 Å². The van der Waals surface area contributed by atoms with E-state index in [2.05, 4.69) is 51.4 Å². The van der Waals surface area contributed by atoms with Crippen LogP contribution < -0.4 is 5.32 Å². The van der Waals surface area contributed by atoms with E-state index in [1.165, 1.54) is 11.1 Å². The van der Waals surface area contributed by atoms with Crippen molar-refractivity contribution >= 4 is 23.0 Å². The lowest BCUT2D eigenvalue weighted by Gasteiger charge is -2.35. The van der Waals surface area contributed by atoms with Gasteiger partial charge in [-0.25, -0.2) is 0 Å². The molecule has 3 aromatic rings. The number of hydrogen-bond acceptors (Lipinski definition) is 4. The van der Waals surface area contributed by atoms with E-state index in [0.717, 1.165) is 55.8 Å². The summed E-state index contributed by atoms with van der Waals surface area (Å²) in [4.78, 5) is 4.60. The summed E-state index contributed by atoms with van der Waals surface area (Å²) >= 11 is 5.60. The van der Waals surface area contributed by atoms with Crippen LogP contribution in [-0.2, 0) is 13.1 Å². The van der Waals surface area contributed by atoms with Gasteiger partial charge in [0.05, 0.1) is 31.2 Å². The van der Waals surface area contributed by atoms with Gasteiger partial charge in [-0.1, -0.05) is 29.8 Å². The van der Waals surface area contributed by atoms with Crippen LogP contribution in [0.5, 0.6) is 0 Å². The number of hydrogen-bond donors (Lipinski definition) is 1. The maximum atomic E-state index is 5.60. The molecule has 2 aromatic heterocycles.